The monoisotopic (exact) mass is 1020 g/mol. The molecule has 0 aliphatic heterocycles. The lowest BCUT2D eigenvalue weighted by molar-refractivity contribution is 0.669. The molecule has 11 aromatic carbocycles. The average molecular weight is 1020 g/mol. The number of rotatable bonds is 6. The lowest BCUT2D eigenvalue weighted by atomic mass is 9.87. The molecule has 5 nitrogen and oxygen atoms in total. The maximum absolute atomic E-state index is 12.5. The van der Waals surface area contributed by atoms with Crippen molar-refractivity contribution in [2.45, 2.75) is 0 Å². The Morgan fingerprint density at radius 1 is 0.434 bits per heavy atom. The first-order valence-corrected chi connectivity index (χ1v) is 27.5. The van der Waals surface area contributed by atoms with Gasteiger partial charge >= 0.3 is 0 Å². The average Bonchev–Trinajstić information content (AvgIpc) is 4.40. The summed E-state index contributed by atoms with van der Waals surface area (Å²) in [5, 5.41) is 23.6. The zero-order valence-corrected chi connectivity index (χ0v) is 42.7. The Hall–Kier alpha value is -9.54. The number of nitriles is 1. The molecule has 0 unspecified atom stereocenters. The second-order valence-corrected chi connectivity index (χ2v) is 22.3. The number of aromatic nitrogens is 1. The van der Waals surface area contributed by atoms with Crippen molar-refractivity contribution >= 4 is 161 Å². The van der Waals surface area contributed by atoms with Crippen LogP contribution in [0.1, 0.15) is 5.56 Å². The number of anilines is 3. The van der Waals surface area contributed by atoms with Crippen LogP contribution in [0.15, 0.2) is 223 Å². The quantitative estimate of drug-likeness (QED) is 0.156. The third kappa shape index (κ3) is 5.97. The van der Waals surface area contributed by atoms with Crippen molar-refractivity contribution in [2.24, 2.45) is 0 Å². The molecule has 16 rings (SSSR count). The van der Waals surface area contributed by atoms with Crippen molar-refractivity contribution in [2.75, 3.05) is 4.90 Å². The van der Waals surface area contributed by atoms with Gasteiger partial charge in [-0.25, -0.2) is 4.85 Å². The fourth-order valence-corrected chi connectivity index (χ4v) is 15.8. The first-order chi connectivity index (χ1) is 37.7. The molecule has 5 heterocycles. The summed E-state index contributed by atoms with van der Waals surface area (Å²) in [5.74, 6) is 0. The Kier molecular flexibility index (Phi) is 9.31. The molecule has 16 aromatic rings. The van der Waals surface area contributed by atoms with E-state index < -0.39 is 0 Å². The molecule has 0 aliphatic carbocycles. The van der Waals surface area contributed by atoms with Crippen molar-refractivity contribution in [3.8, 4) is 34.0 Å². The van der Waals surface area contributed by atoms with Crippen LogP contribution in [0, 0.1) is 17.9 Å². The van der Waals surface area contributed by atoms with Crippen molar-refractivity contribution in [3.63, 3.8) is 0 Å². The number of nitrogens with zero attached hydrogens (tertiary/aromatic N) is 4. The van der Waals surface area contributed by atoms with E-state index in [0.717, 1.165) is 118 Å². The van der Waals surface area contributed by atoms with Crippen LogP contribution in [0.5, 0.6) is 0 Å². The van der Waals surface area contributed by atoms with Gasteiger partial charge in [-0.15, -0.1) is 34.0 Å². The predicted octanol–water partition coefficient (Wildman–Crippen LogP) is 21.0. The number of furan rings is 1. The van der Waals surface area contributed by atoms with Gasteiger partial charge in [-0.2, -0.15) is 5.26 Å². The lowest BCUT2D eigenvalue weighted by Crippen LogP contribution is -2.15. The zero-order chi connectivity index (χ0) is 50.2. The van der Waals surface area contributed by atoms with Gasteiger partial charge < -0.3 is 13.9 Å². The van der Waals surface area contributed by atoms with Gasteiger partial charge in [0.2, 0.25) is 5.69 Å². The maximum atomic E-state index is 12.5. The zero-order valence-electron chi connectivity index (χ0n) is 40.2. The van der Waals surface area contributed by atoms with E-state index in [4.69, 9.17) is 9.26 Å². The number of fused-ring (bicyclic) bond motifs is 17. The third-order valence-electron chi connectivity index (χ3n) is 15.2. The van der Waals surface area contributed by atoms with E-state index in [2.05, 4.69) is 204 Å². The van der Waals surface area contributed by atoms with E-state index >= 15 is 0 Å². The number of thiophene rings is 3. The van der Waals surface area contributed by atoms with Gasteiger partial charge in [0, 0.05) is 79.1 Å². The SMILES string of the molecule is [C-]#[N+]c1c(-c2ccccc2)c(-n2c3c(ccc4c5ccccc5sc43)c3ccc4c5ccccc5sc4c32)c(-c2ccccc2)c(C#N)c1N(c1cccc2c1oc1ccccc12)c1cccc2c1sc1ccccc12. The summed E-state index contributed by atoms with van der Waals surface area (Å²) in [6, 6.07) is 79.4. The molecule has 0 amide bonds. The summed E-state index contributed by atoms with van der Waals surface area (Å²) in [5.41, 5.74) is 10.2. The second-order valence-electron chi connectivity index (χ2n) is 19.2. The lowest BCUT2D eigenvalue weighted by Gasteiger charge is -2.32. The van der Waals surface area contributed by atoms with Crippen LogP contribution in [0.4, 0.5) is 22.7 Å². The van der Waals surface area contributed by atoms with Crippen molar-refractivity contribution in [1.29, 1.82) is 5.26 Å². The standard InChI is InChI=1S/C68H36N4OS3/c1-70-60-59(40-20-6-3-7-21-40)64(72-62-45(34-36-49-43-24-10-14-32-56(43)75-67(49)62)46-35-37-50-44-25-11-15-33-57(44)76-68(50)63(46)72)58(39-18-4-2-5-19-39)51(38-69)61(60)71(52-28-16-26-47-41-22-8-12-30-54(41)73-65(47)52)53-29-17-27-48-42-23-9-13-31-55(42)74-66(48)53/h2-37H. The summed E-state index contributed by atoms with van der Waals surface area (Å²) in [7, 11) is 0. The smallest absolute Gasteiger partial charge is 0.221 e. The van der Waals surface area contributed by atoms with E-state index in [9.17, 15) is 11.8 Å². The Morgan fingerprint density at radius 3 is 1.47 bits per heavy atom. The Balaban J connectivity index is 1.17. The van der Waals surface area contributed by atoms with E-state index in [1.165, 1.54) is 20.2 Å². The topological polar surface area (TPSA) is 49.5 Å². The van der Waals surface area contributed by atoms with E-state index in [1.54, 1.807) is 34.0 Å². The molecule has 0 fully saturated rings. The van der Waals surface area contributed by atoms with Crippen LogP contribution < -0.4 is 4.90 Å². The highest BCUT2D eigenvalue weighted by Gasteiger charge is 2.35. The summed E-state index contributed by atoms with van der Waals surface area (Å²) in [4.78, 5) is 6.93. The number of hydrogen-bond donors (Lipinski definition) is 0. The van der Waals surface area contributed by atoms with Gasteiger partial charge in [-0.05, 0) is 47.5 Å². The van der Waals surface area contributed by atoms with Crippen molar-refractivity contribution in [3.05, 3.63) is 235 Å². The van der Waals surface area contributed by atoms with Crippen molar-refractivity contribution in [1.82, 2.24) is 4.57 Å². The summed E-state index contributed by atoms with van der Waals surface area (Å²) >= 11 is 5.31. The van der Waals surface area contributed by atoms with Crippen molar-refractivity contribution < 1.29 is 4.42 Å². The molecule has 0 radical (unpaired) electrons. The molecular weight excluding hydrogens is 985 g/mol. The fourth-order valence-electron chi connectivity index (χ4n) is 12.1. The molecule has 0 spiro atoms. The molecular formula is C68H36N4OS3. The maximum Gasteiger partial charge on any atom is 0.221 e. The van der Waals surface area contributed by atoms with Crippen LogP contribution in [-0.4, -0.2) is 4.57 Å². The molecule has 0 saturated heterocycles. The van der Waals surface area contributed by atoms with Gasteiger partial charge in [0.25, 0.3) is 0 Å². The first kappa shape index (κ1) is 42.9. The van der Waals surface area contributed by atoms with Gasteiger partial charge in [0.05, 0.1) is 60.0 Å². The number of hydrogen-bond acceptors (Lipinski definition) is 6. The van der Waals surface area contributed by atoms with Crippen LogP contribution in [-0.2, 0) is 0 Å². The molecule has 8 heteroatoms. The highest BCUT2D eigenvalue weighted by molar-refractivity contribution is 7.27. The fraction of sp³-hybridized carbons (Fsp3) is 0. The van der Waals surface area contributed by atoms with E-state index in [-0.39, 0.29) is 0 Å². The largest absolute Gasteiger partial charge is 0.454 e. The highest BCUT2D eigenvalue weighted by Crippen LogP contribution is 2.59. The van der Waals surface area contributed by atoms with Crippen LogP contribution in [0.25, 0.3) is 137 Å². The molecule has 0 atom stereocenters. The molecule has 5 aromatic heterocycles. The molecule has 0 aliphatic rings. The minimum atomic E-state index is 0.352. The van der Waals surface area contributed by atoms with Gasteiger partial charge in [0.15, 0.2) is 5.58 Å². The molecule has 76 heavy (non-hydrogen) atoms. The summed E-state index contributed by atoms with van der Waals surface area (Å²) in [6.45, 7) is 9.76. The Morgan fingerprint density at radius 2 is 0.895 bits per heavy atom. The number of benzene rings is 11. The van der Waals surface area contributed by atoms with Gasteiger partial charge in [-0.3, -0.25) is 0 Å². The third-order valence-corrected chi connectivity index (χ3v) is 18.8. The highest BCUT2D eigenvalue weighted by atomic mass is 32.1. The predicted molar refractivity (Wildman–Crippen MR) is 323 cm³/mol. The van der Waals surface area contributed by atoms with E-state index in [0.29, 0.717) is 22.5 Å². The van der Waals surface area contributed by atoms with Gasteiger partial charge in [-0.1, -0.05) is 182 Å². The molecule has 0 bridgehead atoms. The second kappa shape index (κ2) is 16.5. The minimum Gasteiger partial charge on any atom is -0.454 e. The minimum absolute atomic E-state index is 0.352. The van der Waals surface area contributed by atoms with E-state index in [1.807, 2.05) is 30.3 Å². The Labute approximate surface area is 446 Å². The summed E-state index contributed by atoms with van der Waals surface area (Å²) in [6.07, 6.45) is 0. The molecule has 352 valence electrons. The first-order valence-electron chi connectivity index (χ1n) is 25.1. The van der Waals surface area contributed by atoms with Crippen LogP contribution >= 0.6 is 34.0 Å². The normalized spacial score (nSPS) is 11.9. The van der Waals surface area contributed by atoms with Crippen LogP contribution in [0.2, 0.25) is 0 Å². The number of para-hydroxylation sites is 2. The molecule has 0 saturated carbocycles. The Bertz CT molecular complexity index is 4900. The van der Waals surface area contributed by atoms with Crippen LogP contribution in [0.3, 0.4) is 0 Å². The van der Waals surface area contributed by atoms with Gasteiger partial charge in [0.1, 0.15) is 11.7 Å². The summed E-state index contributed by atoms with van der Waals surface area (Å²) < 4.78 is 16.3. The molecule has 0 N–H and O–H groups in total.